The lowest BCUT2D eigenvalue weighted by atomic mass is 10.1. The molecule has 2 aromatic heterocycles. The normalized spacial score (nSPS) is 11.2. The Bertz CT molecular complexity index is 1020. The summed E-state index contributed by atoms with van der Waals surface area (Å²) in [6.07, 6.45) is 3.23. The monoisotopic (exact) mass is 362 g/mol. The summed E-state index contributed by atoms with van der Waals surface area (Å²) < 4.78 is 2.12. The van der Waals surface area contributed by atoms with Crippen LogP contribution in [0.4, 0.5) is 5.13 Å². The summed E-state index contributed by atoms with van der Waals surface area (Å²) in [5.74, 6) is -0.456. The van der Waals surface area contributed by atoms with Gasteiger partial charge in [-0.25, -0.2) is 4.98 Å². The van der Waals surface area contributed by atoms with E-state index in [-0.39, 0.29) is 5.57 Å². The second-order valence-corrected chi connectivity index (χ2v) is 6.86. The summed E-state index contributed by atoms with van der Waals surface area (Å²) in [7, 11) is 0. The van der Waals surface area contributed by atoms with E-state index >= 15 is 0 Å². The van der Waals surface area contributed by atoms with Crippen LogP contribution in [0.25, 0.3) is 11.8 Å². The van der Waals surface area contributed by atoms with Crippen LogP contribution >= 0.6 is 11.3 Å². The van der Waals surface area contributed by atoms with Crippen LogP contribution in [0.3, 0.4) is 0 Å². The molecule has 3 aromatic rings. The number of carbonyl (C=O) groups excluding carboxylic acids is 1. The molecule has 0 aliphatic carbocycles. The van der Waals surface area contributed by atoms with Crippen molar-refractivity contribution in [2.24, 2.45) is 0 Å². The number of carbonyl (C=O) groups is 1. The molecule has 0 aliphatic rings. The Morgan fingerprint density at radius 2 is 2.12 bits per heavy atom. The van der Waals surface area contributed by atoms with Gasteiger partial charge in [-0.3, -0.25) is 10.1 Å². The lowest BCUT2D eigenvalue weighted by Crippen LogP contribution is -2.13. The van der Waals surface area contributed by atoms with Gasteiger partial charge in [-0.2, -0.15) is 5.26 Å². The second-order valence-electron chi connectivity index (χ2n) is 5.96. The van der Waals surface area contributed by atoms with Crippen molar-refractivity contribution in [1.82, 2.24) is 9.55 Å². The summed E-state index contributed by atoms with van der Waals surface area (Å²) in [5.41, 5.74) is 5.14. The molecule has 1 N–H and O–H groups in total. The topological polar surface area (TPSA) is 70.7 Å². The summed E-state index contributed by atoms with van der Waals surface area (Å²) in [6.45, 7) is 6.04. The molecule has 0 fully saturated rings. The minimum absolute atomic E-state index is 0.0460. The van der Waals surface area contributed by atoms with E-state index in [9.17, 15) is 10.1 Å². The third-order valence-electron chi connectivity index (χ3n) is 4.05. The predicted molar refractivity (Wildman–Crippen MR) is 104 cm³/mol. The molecule has 3 rings (SSSR count). The van der Waals surface area contributed by atoms with Crippen molar-refractivity contribution in [2.75, 3.05) is 5.32 Å². The Labute approximate surface area is 156 Å². The Morgan fingerprint density at radius 1 is 1.31 bits per heavy atom. The quantitative estimate of drug-likeness (QED) is 0.552. The molecule has 0 spiro atoms. The fourth-order valence-corrected chi connectivity index (χ4v) is 3.38. The van der Waals surface area contributed by atoms with Gasteiger partial charge in [0.25, 0.3) is 5.91 Å². The summed E-state index contributed by atoms with van der Waals surface area (Å²) >= 11 is 1.31. The maximum absolute atomic E-state index is 12.3. The van der Waals surface area contributed by atoms with Crippen molar-refractivity contribution < 1.29 is 4.79 Å². The molecule has 0 unspecified atom stereocenters. The van der Waals surface area contributed by atoms with Gasteiger partial charge in [0.2, 0.25) is 0 Å². The summed E-state index contributed by atoms with van der Waals surface area (Å²) in [6, 6.07) is 12.2. The van der Waals surface area contributed by atoms with Crippen LogP contribution in [0.1, 0.15) is 22.5 Å². The van der Waals surface area contributed by atoms with E-state index in [1.54, 1.807) is 17.7 Å². The van der Waals surface area contributed by atoms with Gasteiger partial charge in [-0.1, -0.05) is 12.1 Å². The number of hydrogen-bond acceptors (Lipinski definition) is 4. The van der Waals surface area contributed by atoms with Crippen molar-refractivity contribution in [1.29, 1.82) is 5.26 Å². The highest BCUT2D eigenvalue weighted by Crippen LogP contribution is 2.23. The Kier molecular flexibility index (Phi) is 5.01. The van der Waals surface area contributed by atoms with Crippen LogP contribution in [0.5, 0.6) is 0 Å². The minimum Gasteiger partial charge on any atom is -0.318 e. The first-order valence-electron chi connectivity index (χ1n) is 8.08. The zero-order valence-electron chi connectivity index (χ0n) is 14.8. The number of rotatable bonds is 4. The van der Waals surface area contributed by atoms with Gasteiger partial charge in [0.05, 0.1) is 0 Å². The molecule has 1 aromatic carbocycles. The first-order chi connectivity index (χ1) is 12.5. The highest BCUT2D eigenvalue weighted by atomic mass is 32.1. The van der Waals surface area contributed by atoms with Crippen LogP contribution in [0, 0.1) is 32.1 Å². The molecule has 1 amide bonds. The number of aryl methyl sites for hydroxylation is 2. The van der Waals surface area contributed by atoms with Crippen molar-refractivity contribution in [2.45, 2.75) is 20.8 Å². The maximum Gasteiger partial charge on any atom is 0.268 e. The minimum atomic E-state index is -0.456. The van der Waals surface area contributed by atoms with Crippen molar-refractivity contribution in [3.63, 3.8) is 0 Å². The average molecular weight is 362 g/mol. The van der Waals surface area contributed by atoms with Gasteiger partial charge in [-0.05, 0) is 56.2 Å². The third-order valence-corrected chi connectivity index (χ3v) is 4.74. The number of nitrogens with one attached hydrogen (secondary N) is 1. The highest BCUT2D eigenvalue weighted by Gasteiger charge is 2.14. The van der Waals surface area contributed by atoms with E-state index in [1.165, 1.54) is 16.9 Å². The van der Waals surface area contributed by atoms with Crippen molar-refractivity contribution >= 4 is 28.5 Å². The molecule has 0 radical (unpaired) electrons. The number of amides is 1. The van der Waals surface area contributed by atoms with Crippen LogP contribution < -0.4 is 5.32 Å². The van der Waals surface area contributed by atoms with Gasteiger partial charge < -0.3 is 4.57 Å². The SMILES string of the molecule is Cc1cccc(-n2c(C)cc(/C=C(\C#N)C(=O)Nc3nccs3)c2C)c1. The fourth-order valence-electron chi connectivity index (χ4n) is 2.85. The van der Waals surface area contributed by atoms with E-state index in [4.69, 9.17) is 0 Å². The van der Waals surface area contributed by atoms with E-state index in [0.717, 1.165) is 22.6 Å². The molecule has 0 atom stereocenters. The van der Waals surface area contributed by atoms with Crippen molar-refractivity contribution in [3.05, 3.63) is 70.0 Å². The zero-order chi connectivity index (χ0) is 18.7. The zero-order valence-corrected chi connectivity index (χ0v) is 15.6. The predicted octanol–water partition coefficient (Wildman–Crippen LogP) is 4.40. The van der Waals surface area contributed by atoms with Crippen LogP contribution in [-0.2, 0) is 4.79 Å². The number of thiazole rings is 1. The molecule has 130 valence electrons. The van der Waals surface area contributed by atoms with Crippen LogP contribution in [0.15, 0.2) is 47.5 Å². The van der Waals surface area contributed by atoms with Crippen molar-refractivity contribution in [3.8, 4) is 11.8 Å². The molecule has 5 nitrogen and oxygen atoms in total. The van der Waals surface area contributed by atoms with E-state index in [2.05, 4.69) is 33.9 Å². The highest BCUT2D eigenvalue weighted by molar-refractivity contribution is 7.13. The lowest BCUT2D eigenvalue weighted by molar-refractivity contribution is -0.112. The maximum atomic E-state index is 12.3. The molecule has 0 aliphatic heterocycles. The van der Waals surface area contributed by atoms with Gasteiger partial charge in [-0.15, -0.1) is 11.3 Å². The van der Waals surface area contributed by atoms with E-state index in [0.29, 0.717) is 5.13 Å². The van der Waals surface area contributed by atoms with Gasteiger partial charge in [0.1, 0.15) is 11.6 Å². The van der Waals surface area contributed by atoms with E-state index in [1.807, 2.05) is 38.1 Å². The number of hydrogen-bond donors (Lipinski definition) is 1. The summed E-state index contributed by atoms with van der Waals surface area (Å²) in [5, 5.41) is 14.3. The molecule has 26 heavy (non-hydrogen) atoms. The number of nitrogens with zero attached hydrogens (tertiary/aromatic N) is 3. The molecule has 0 saturated heterocycles. The number of benzene rings is 1. The van der Waals surface area contributed by atoms with E-state index < -0.39 is 5.91 Å². The smallest absolute Gasteiger partial charge is 0.268 e. The van der Waals surface area contributed by atoms with Crippen LogP contribution in [0.2, 0.25) is 0 Å². The molecule has 0 saturated carbocycles. The number of anilines is 1. The third kappa shape index (κ3) is 3.58. The standard InChI is InChI=1S/C20H18N4OS/c1-13-5-4-6-18(9-13)24-14(2)10-16(15(24)3)11-17(12-21)19(25)23-20-22-7-8-26-20/h4-11H,1-3H3,(H,22,23,25)/b17-11+. The number of aromatic nitrogens is 2. The largest absolute Gasteiger partial charge is 0.318 e. The second kappa shape index (κ2) is 7.38. The lowest BCUT2D eigenvalue weighted by Gasteiger charge is -2.10. The Hall–Kier alpha value is -3.17. The number of nitriles is 1. The van der Waals surface area contributed by atoms with Gasteiger partial charge >= 0.3 is 0 Å². The fraction of sp³-hybridized carbons (Fsp3) is 0.150. The molecule has 0 bridgehead atoms. The first-order valence-corrected chi connectivity index (χ1v) is 8.96. The summed E-state index contributed by atoms with van der Waals surface area (Å²) in [4.78, 5) is 16.3. The molecular formula is C20H18N4OS. The Morgan fingerprint density at radius 3 is 2.77 bits per heavy atom. The average Bonchev–Trinajstić information content (AvgIpc) is 3.20. The molecule has 6 heteroatoms. The Balaban J connectivity index is 1.96. The van der Waals surface area contributed by atoms with Gasteiger partial charge in [0, 0.05) is 28.7 Å². The van der Waals surface area contributed by atoms with Crippen LogP contribution in [-0.4, -0.2) is 15.5 Å². The molecular weight excluding hydrogens is 344 g/mol. The molecule has 2 heterocycles. The first kappa shape index (κ1) is 17.6. The van der Waals surface area contributed by atoms with Gasteiger partial charge in [0.15, 0.2) is 5.13 Å².